The summed E-state index contributed by atoms with van der Waals surface area (Å²) >= 11 is 0. The van der Waals surface area contributed by atoms with E-state index in [2.05, 4.69) is 5.10 Å². The molecule has 1 aromatic heterocycles. The molecular formula is C15H23N3O4S. The van der Waals surface area contributed by atoms with Gasteiger partial charge in [-0.15, -0.1) is 0 Å². The lowest BCUT2D eigenvalue weighted by Crippen LogP contribution is -2.34. The molecule has 0 bridgehead atoms. The molecule has 0 spiro atoms. The quantitative estimate of drug-likeness (QED) is 0.824. The van der Waals surface area contributed by atoms with Gasteiger partial charge in [-0.25, -0.2) is 13.2 Å². The fourth-order valence-electron chi connectivity index (χ4n) is 3.13. The minimum absolute atomic E-state index is 0.218. The first-order valence-corrected chi connectivity index (χ1v) is 9.47. The lowest BCUT2D eigenvalue weighted by Gasteiger charge is -2.24. The van der Waals surface area contributed by atoms with Crippen LogP contribution in [0, 0.1) is 0 Å². The molecule has 2 heterocycles. The number of rotatable bonds is 2. The Morgan fingerprint density at radius 3 is 2.52 bits per heavy atom. The number of ether oxygens (including phenoxy) is 1. The van der Waals surface area contributed by atoms with Crippen molar-refractivity contribution in [2.45, 2.75) is 70.4 Å². The average molecular weight is 341 g/mol. The first kappa shape index (κ1) is 16.3. The number of amides is 1. The van der Waals surface area contributed by atoms with E-state index in [1.54, 1.807) is 27.0 Å². The highest BCUT2D eigenvalue weighted by Gasteiger charge is 2.37. The smallest absolute Gasteiger partial charge is 0.410 e. The number of fused-ring (bicyclic) bond motifs is 1. The molecule has 3 rings (SSSR count). The SMILES string of the molecule is CC(C)(C)OC(=O)N1Cc2cnn(S(=O)(=O)C3CCCC3)c2C1. The monoisotopic (exact) mass is 341 g/mol. The van der Waals surface area contributed by atoms with Gasteiger partial charge in [0.15, 0.2) is 0 Å². The van der Waals surface area contributed by atoms with Gasteiger partial charge in [-0.3, -0.25) is 4.90 Å². The molecule has 0 atom stereocenters. The maximum atomic E-state index is 12.7. The van der Waals surface area contributed by atoms with Crippen molar-refractivity contribution in [3.8, 4) is 0 Å². The van der Waals surface area contributed by atoms with Gasteiger partial charge in [0.1, 0.15) is 5.60 Å². The van der Waals surface area contributed by atoms with E-state index in [-0.39, 0.29) is 11.8 Å². The second-order valence-corrected chi connectivity index (χ2v) is 9.29. The highest BCUT2D eigenvalue weighted by molar-refractivity contribution is 7.90. The third-order valence-corrected chi connectivity index (χ3v) is 6.35. The zero-order valence-electron chi connectivity index (χ0n) is 13.8. The van der Waals surface area contributed by atoms with E-state index < -0.39 is 21.7 Å². The summed E-state index contributed by atoms with van der Waals surface area (Å²) in [5.74, 6) is 0. The second kappa shape index (κ2) is 5.51. The minimum Gasteiger partial charge on any atom is -0.444 e. The van der Waals surface area contributed by atoms with E-state index >= 15 is 0 Å². The van der Waals surface area contributed by atoms with E-state index in [0.29, 0.717) is 25.1 Å². The fourth-order valence-corrected chi connectivity index (χ4v) is 5.00. The lowest BCUT2D eigenvalue weighted by molar-refractivity contribution is 0.0239. The molecule has 0 aromatic carbocycles. The van der Waals surface area contributed by atoms with Crippen LogP contribution in [0.25, 0.3) is 0 Å². The molecule has 1 fully saturated rings. The number of aromatic nitrogens is 2. The predicted molar refractivity (Wildman–Crippen MR) is 84.3 cm³/mol. The Morgan fingerprint density at radius 2 is 1.91 bits per heavy atom. The zero-order chi connectivity index (χ0) is 16.8. The molecule has 1 saturated carbocycles. The first-order valence-electron chi connectivity index (χ1n) is 7.96. The number of carbonyl (C=O) groups excluding carboxylic acids is 1. The Bertz CT molecular complexity index is 712. The average Bonchev–Trinajstić information content (AvgIpc) is 3.13. The van der Waals surface area contributed by atoms with Gasteiger partial charge >= 0.3 is 6.09 Å². The maximum Gasteiger partial charge on any atom is 0.410 e. The second-order valence-electron chi connectivity index (χ2n) is 7.25. The predicted octanol–water partition coefficient (Wildman–Crippen LogP) is 2.25. The fraction of sp³-hybridized carbons (Fsp3) is 0.733. The van der Waals surface area contributed by atoms with Gasteiger partial charge in [-0.05, 0) is 33.6 Å². The van der Waals surface area contributed by atoms with Crippen molar-refractivity contribution in [1.29, 1.82) is 0 Å². The molecule has 0 radical (unpaired) electrons. The van der Waals surface area contributed by atoms with E-state index in [4.69, 9.17) is 4.74 Å². The zero-order valence-corrected chi connectivity index (χ0v) is 14.6. The normalized spacial score (nSPS) is 19.2. The maximum absolute atomic E-state index is 12.7. The third-order valence-electron chi connectivity index (χ3n) is 4.24. The van der Waals surface area contributed by atoms with E-state index in [0.717, 1.165) is 22.5 Å². The molecule has 2 aliphatic rings. The molecule has 1 aliphatic carbocycles. The molecule has 1 aromatic rings. The van der Waals surface area contributed by atoms with Gasteiger partial charge in [-0.1, -0.05) is 12.8 Å². The number of nitrogens with zero attached hydrogens (tertiary/aromatic N) is 3. The van der Waals surface area contributed by atoms with Gasteiger partial charge in [0, 0.05) is 5.56 Å². The summed E-state index contributed by atoms with van der Waals surface area (Å²) < 4.78 is 31.9. The Labute approximate surface area is 136 Å². The minimum atomic E-state index is -3.48. The van der Waals surface area contributed by atoms with Crippen LogP contribution in [0.2, 0.25) is 0 Å². The molecule has 23 heavy (non-hydrogen) atoms. The van der Waals surface area contributed by atoms with Gasteiger partial charge in [0.2, 0.25) is 0 Å². The number of carbonyl (C=O) groups is 1. The van der Waals surface area contributed by atoms with Crippen molar-refractivity contribution < 1.29 is 17.9 Å². The Morgan fingerprint density at radius 1 is 1.26 bits per heavy atom. The summed E-state index contributed by atoms with van der Waals surface area (Å²) in [6.45, 7) is 5.97. The van der Waals surface area contributed by atoms with Crippen LogP contribution in [0.5, 0.6) is 0 Å². The van der Waals surface area contributed by atoms with Gasteiger partial charge < -0.3 is 4.74 Å². The van der Waals surface area contributed by atoms with Gasteiger partial charge in [0.05, 0.1) is 30.2 Å². The van der Waals surface area contributed by atoms with Crippen LogP contribution in [0.4, 0.5) is 4.79 Å². The summed E-state index contributed by atoms with van der Waals surface area (Å²) in [6.07, 6.45) is 4.37. The van der Waals surface area contributed by atoms with Gasteiger partial charge in [-0.2, -0.15) is 9.19 Å². The summed E-state index contributed by atoms with van der Waals surface area (Å²) in [7, 11) is -3.48. The summed E-state index contributed by atoms with van der Waals surface area (Å²) in [5.41, 5.74) is 0.786. The first-order chi connectivity index (χ1) is 10.7. The van der Waals surface area contributed by atoms with Crippen LogP contribution in [0.3, 0.4) is 0 Å². The van der Waals surface area contributed by atoms with Crippen LogP contribution in [-0.4, -0.2) is 39.4 Å². The Hall–Kier alpha value is -1.57. The van der Waals surface area contributed by atoms with Crippen molar-refractivity contribution in [3.05, 3.63) is 17.5 Å². The highest BCUT2D eigenvalue weighted by atomic mass is 32.2. The molecule has 1 amide bonds. The van der Waals surface area contributed by atoms with E-state index in [9.17, 15) is 13.2 Å². The molecule has 1 aliphatic heterocycles. The number of hydrogen-bond donors (Lipinski definition) is 0. The van der Waals surface area contributed by atoms with Crippen molar-refractivity contribution in [2.24, 2.45) is 0 Å². The molecule has 7 nitrogen and oxygen atoms in total. The molecule has 0 saturated heterocycles. The Balaban J connectivity index is 1.80. The van der Waals surface area contributed by atoms with Crippen LogP contribution < -0.4 is 0 Å². The molecule has 0 unspecified atom stereocenters. The van der Waals surface area contributed by atoms with E-state index in [1.165, 1.54) is 4.90 Å². The van der Waals surface area contributed by atoms with E-state index in [1.807, 2.05) is 0 Å². The summed E-state index contributed by atoms with van der Waals surface area (Å²) in [4.78, 5) is 13.7. The molecular weight excluding hydrogens is 318 g/mol. The van der Waals surface area contributed by atoms with Crippen molar-refractivity contribution in [2.75, 3.05) is 0 Å². The summed E-state index contributed by atoms with van der Waals surface area (Å²) in [6, 6.07) is 0. The lowest BCUT2D eigenvalue weighted by atomic mass is 10.2. The van der Waals surface area contributed by atoms with Gasteiger partial charge in [0.25, 0.3) is 10.0 Å². The van der Waals surface area contributed by atoms with Crippen LogP contribution in [-0.2, 0) is 27.8 Å². The van der Waals surface area contributed by atoms with Crippen molar-refractivity contribution in [1.82, 2.24) is 14.1 Å². The van der Waals surface area contributed by atoms with Crippen LogP contribution in [0.1, 0.15) is 57.7 Å². The highest BCUT2D eigenvalue weighted by Crippen LogP contribution is 2.30. The van der Waals surface area contributed by atoms with Crippen molar-refractivity contribution >= 4 is 16.1 Å². The molecule has 8 heteroatoms. The molecule has 128 valence electrons. The summed E-state index contributed by atoms with van der Waals surface area (Å²) in [5, 5.41) is 3.71. The Kier molecular flexibility index (Phi) is 3.90. The number of hydrogen-bond acceptors (Lipinski definition) is 5. The van der Waals surface area contributed by atoms with Crippen LogP contribution in [0.15, 0.2) is 6.20 Å². The molecule has 0 N–H and O–H groups in total. The van der Waals surface area contributed by atoms with Crippen molar-refractivity contribution in [3.63, 3.8) is 0 Å². The topological polar surface area (TPSA) is 81.5 Å². The standard InChI is InChI=1S/C15H23N3O4S/c1-15(2,3)22-14(19)17-9-11-8-16-18(13(11)10-17)23(20,21)12-6-4-5-7-12/h8,12H,4-7,9-10H2,1-3H3. The largest absolute Gasteiger partial charge is 0.444 e. The van der Waals surface area contributed by atoms with Crippen LogP contribution >= 0.6 is 0 Å². The third kappa shape index (κ3) is 3.08.